The van der Waals surface area contributed by atoms with Gasteiger partial charge in [-0.3, -0.25) is 0 Å². The predicted octanol–water partition coefficient (Wildman–Crippen LogP) is 5.78. The van der Waals surface area contributed by atoms with E-state index in [2.05, 4.69) is 4.99 Å². The Morgan fingerprint density at radius 1 is 0.970 bits per heavy atom. The van der Waals surface area contributed by atoms with Crippen LogP contribution in [0.15, 0.2) is 53.5 Å². The molecular formula is C26H25NO5S. The van der Waals surface area contributed by atoms with E-state index in [1.165, 1.54) is 4.88 Å². The van der Waals surface area contributed by atoms with E-state index in [4.69, 9.17) is 14.2 Å². The largest absolute Gasteiger partial charge is 0.497 e. The average molecular weight is 464 g/mol. The van der Waals surface area contributed by atoms with Gasteiger partial charge < -0.3 is 14.2 Å². The lowest BCUT2D eigenvalue weighted by Crippen LogP contribution is -2.09. The Balaban J connectivity index is 1.47. The highest BCUT2D eigenvalue weighted by Gasteiger charge is 2.26. The summed E-state index contributed by atoms with van der Waals surface area (Å²) in [7, 11) is 1.57. The molecule has 1 aromatic heterocycles. The lowest BCUT2D eigenvalue weighted by atomic mass is 9.95. The van der Waals surface area contributed by atoms with E-state index in [0.29, 0.717) is 34.2 Å². The van der Waals surface area contributed by atoms with Crippen LogP contribution in [0.2, 0.25) is 0 Å². The Morgan fingerprint density at radius 3 is 2.36 bits per heavy atom. The smallest absolute Gasteiger partial charge is 0.343 e. The van der Waals surface area contributed by atoms with Gasteiger partial charge in [0.05, 0.1) is 24.8 Å². The number of methoxy groups -OCH3 is 1. The summed E-state index contributed by atoms with van der Waals surface area (Å²) in [6, 6.07) is 13.8. The summed E-state index contributed by atoms with van der Waals surface area (Å²) in [6.45, 7) is 2.14. The number of benzene rings is 2. The van der Waals surface area contributed by atoms with Gasteiger partial charge in [0.1, 0.15) is 16.5 Å². The SMILES string of the molecule is CCOC(=O)c1c(N=Cc2ccc(OC(=O)c3ccc(OC)cc3)cc2)sc2c1CCCC2. The number of carbonyl (C=O) groups excluding carboxylic acids is 2. The van der Waals surface area contributed by atoms with Crippen molar-refractivity contribution in [2.75, 3.05) is 13.7 Å². The van der Waals surface area contributed by atoms with Crippen LogP contribution in [0.3, 0.4) is 0 Å². The molecule has 0 spiro atoms. The monoisotopic (exact) mass is 463 g/mol. The topological polar surface area (TPSA) is 74.2 Å². The Hall–Kier alpha value is -3.45. The number of carbonyl (C=O) groups is 2. The second-order valence-corrected chi connectivity index (χ2v) is 8.64. The van der Waals surface area contributed by atoms with Gasteiger partial charge in [-0.2, -0.15) is 0 Å². The lowest BCUT2D eigenvalue weighted by Gasteiger charge is -2.11. The second-order valence-electron chi connectivity index (χ2n) is 7.56. The number of aryl methyl sites for hydroxylation is 1. The molecule has 0 unspecified atom stereocenters. The van der Waals surface area contributed by atoms with Crippen molar-refractivity contribution in [3.8, 4) is 11.5 Å². The van der Waals surface area contributed by atoms with Gasteiger partial charge in [-0.25, -0.2) is 14.6 Å². The van der Waals surface area contributed by atoms with Crippen molar-refractivity contribution in [2.45, 2.75) is 32.6 Å². The zero-order valence-electron chi connectivity index (χ0n) is 18.6. The van der Waals surface area contributed by atoms with Crippen LogP contribution in [0.1, 0.15) is 56.5 Å². The average Bonchev–Trinajstić information content (AvgIpc) is 3.22. The molecule has 1 aliphatic carbocycles. The van der Waals surface area contributed by atoms with Crippen LogP contribution >= 0.6 is 11.3 Å². The second kappa shape index (κ2) is 10.4. The highest BCUT2D eigenvalue weighted by molar-refractivity contribution is 7.16. The van der Waals surface area contributed by atoms with Gasteiger partial charge in [0.25, 0.3) is 0 Å². The molecule has 0 aliphatic heterocycles. The van der Waals surface area contributed by atoms with Crippen molar-refractivity contribution >= 4 is 34.5 Å². The number of fused-ring (bicyclic) bond motifs is 1. The number of rotatable bonds is 7. The lowest BCUT2D eigenvalue weighted by molar-refractivity contribution is 0.0526. The molecule has 170 valence electrons. The highest BCUT2D eigenvalue weighted by atomic mass is 32.1. The molecule has 4 rings (SSSR count). The normalized spacial score (nSPS) is 12.9. The Labute approximate surface area is 196 Å². The van der Waals surface area contributed by atoms with Crippen LogP contribution in [0.5, 0.6) is 11.5 Å². The maximum absolute atomic E-state index is 12.6. The summed E-state index contributed by atoms with van der Waals surface area (Å²) < 4.78 is 15.8. The maximum atomic E-state index is 12.6. The maximum Gasteiger partial charge on any atom is 0.343 e. The van der Waals surface area contributed by atoms with Crippen molar-refractivity contribution < 1.29 is 23.8 Å². The van der Waals surface area contributed by atoms with E-state index in [-0.39, 0.29) is 5.97 Å². The van der Waals surface area contributed by atoms with Crippen LogP contribution < -0.4 is 9.47 Å². The van der Waals surface area contributed by atoms with E-state index in [1.807, 2.05) is 19.1 Å². The molecule has 0 fully saturated rings. The van der Waals surface area contributed by atoms with Crippen molar-refractivity contribution in [2.24, 2.45) is 4.99 Å². The first-order valence-corrected chi connectivity index (χ1v) is 11.7. The Bertz CT molecular complexity index is 1160. The van der Waals surface area contributed by atoms with Gasteiger partial charge in [-0.1, -0.05) is 0 Å². The summed E-state index contributed by atoms with van der Waals surface area (Å²) in [5.74, 6) is 0.367. The third-order valence-electron chi connectivity index (χ3n) is 5.38. The first-order chi connectivity index (χ1) is 16.1. The molecule has 0 atom stereocenters. The van der Waals surface area contributed by atoms with Gasteiger partial charge in [0.2, 0.25) is 0 Å². The van der Waals surface area contributed by atoms with Crippen LogP contribution in [0, 0.1) is 0 Å². The molecule has 2 aromatic carbocycles. The standard InChI is InChI=1S/C26H25NO5S/c1-3-31-26(29)23-21-6-4-5-7-22(21)33-24(23)27-16-17-8-12-20(13-9-17)32-25(28)18-10-14-19(30-2)15-11-18/h8-16H,3-7H2,1-2H3. The third kappa shape index (κ3) is 5.31. The zero-order valence-corrected chi connectivity index (χ0v) is 19.4. The predicted molar refractivity (Wildman–Crippen MR) is 129 cm³/mol. The zero-order chi connectivity index (χ0) is 23.2. The van der Waals surface area contributed by atoms with E-state index >= 15 is 0 Å². The minimum absolute atomic E-state index is 0.301. The molecule has 6 nitrogen and oxygen atoms in total. The summed E-state index contributed by atoms with van der Waals surface area (Å²) >= 11 is 1.57. The number of esters is 2. The molecule has 0 saturated heterocycles. The van der Waals surface area contributed by atoms with E-state index in [9.17, 15) is 9.59 Å². The molecule has 1 aliphatic rings. The van der Waals surface area contributed by atoms with Crippen LogP contribution in [0.4, 0.5) is 5.00 Å². The van der Waals surface area contributed by atoms with Crippen molar-refractivity contribution in [1.29, 1.82) is 0 Å². The number of thiophene rings is 1. The first kappa shape index (κ1) is 22.7. The summed E-state index contributed by atoms with van der Waals surface area (Å²) in [4.78, 5) is 30.7. The molecule has 0 amide bonds. The summed E-state index contributed by atoms with van der Waals surface area (Å²) in [5.41, 5.74) is 2.98. The van der Waals surface area contributed by atoms with Crippen LogP contribution in [0.25, 0.3) is 0 Å². The fourth-order valence-corrected chi connectivity index (χ4v) is 4.93. The fraction of sp³-hybridized carbons (Fsp3) is 0.269. The molecule has 0 bridgehead atoms. The van der Waals surface area contributed by atoms with Crippen molar-refractivity contribution in [1.82, 2.24) is 0 Å². The number of nitrogens with zero attached hydrogens (tertiary/aromatic N) is 1. The number of hydrogen-bond acceptors (Lipinski definition) is 7. The highest BCUT2D eigenvalue weighted by Crippen LogP contribution is 2.40. The van der Waals surface area contributed by atoms with Gasteiger partial charge in [-0.15, -0.1) is 11.3 Å². The van der Waals surface area contributed by atoms with Gasteiger partial charge in [-0.05, 0) is 92.3 Å². The van der Waals surface area contributed by atoms with Crippen molar-refractivity contribution in [3.63, 3.8) is 0 Å². The summed E-state index contributed by atoms with van der Waals surface area (Å²) in [6.07, 6.45) is 5.81. The van der Waals surface area contributed by atoms with E-state index < -0.39 is 5.97 Å². The number of ether oxygens (including phenoxy) is 3. The Kier molecular flexibility index (Phi) is 7.19. The van der Waals surface area contributed by atoms with Gasteiger partial charge in [0, 0.05) is 11.1 Å². The van der Waals surface area contributed by atoms with E-state index in [1.54, 1.807) is 61.1 Å². The third-order valence-corrected chi connectivity index (χ3v) is 6.58. The van der Waals surface area contributed by atoms with Gasteiger partial charge in [0.15, 0.2) is 0 Å². The molecule has 7 heteroatoms. The number of hydrogen-bond donors (Lipinski definition) is 0. The molecule has 0 saturated carbocycles. The van der Waals surface area contributed by atoms with E-state index in [0.717, 1.165) is 36.8 Å². The quantitative estimate of drug-likeness (QED) is 0.252. The minimum Gasteiger partial charge on any atom is -0.497 e. The van der Waals surface area contributed by atoms with Crippen LogP contribution in [-0.2, 0) is 17.6 Å². The fourth-order valence-electron chi connectivity index (χ4n) is 3.70. The van der Waals surface area contributed by atoms with Crippen molar-refractivity contribution in [3.05, 3.63) is 75.7 Å². The Morgan fingerprint density at radius 2 is 1.67 bits per heavy atom. The minimum atomic E-state index is -0.442. The molecule has 33 heavy (non-hydrogen) atoms. The molecule has 0 radical (unpaired) electrons. The molecular weight excluding hydrogens is 438 g/mol. The molecule has 1 heterocycles. The first-order valence-electron chi connectivity index (χ1n) is 10.9. The molecule has 3 aromatic rings. The number of aliphatic imine (C=N–C) groups is 1. The van der Waals surface area contributed by atoms with Gasteiger partial charge >= 0.3 is 11.9 Å². The van der Waals surface area contributed by atoms with Crippen LogP contribution in [-0.4, -0.2) is 31.9 Å². The molecule has 0 N–H and O–H groups in total. The summed E-state index contributed by atoms with van der Waals surface area (Å²) in [5, 5.41) is 0.690.